The number of hydrogen-bond donors (Lipinski definition) is 0. The minimum absolute atomic E-state index is 0.418. The van der Waals surface area contributed by atoms with Gasteiger partial charge in [-0.25, -0.2) is 31.3 Å². The lowest BCUT2D eigenvalue weighted by Crippen LogP contribution is -2.00. The van der Waals surface area contributed by atoms with Crippen LogP contribution in [0.5, 0.6) is 0 Å². The fraction of sp³-hybridized carbons (Fsp3) is 0.375. The minimum Gasteiger partial charge on any atom is -0.246 e. The first-order valence-corrected chi connectivity index (χ1v) is 3.78. The van der Waals surface area contributed by atoms with Crippen LogP contribution in [-0.4, -0.2) is 4.98 Å². The maximum atomic E-state index is 12.1. The van der Waals surface area contributed by atoms with E-state index in [1.165, 1.54) is 0 Å². The number of rotatable bonds is 3. The Balaban J connectivity index is 3.20. The lowest BCUT2D eigenvalue weighted by atomic mass is 10.2. The Morgan fingerprint density at radius 1 is 0.733 bits per heavy atom. The second kappa shape index (κ2) is 4.50. The van der Waals surface area contributed by atoms with Gasteiger partial charge in [0, 0.05) is 5.56 Å². The summed E-state index contributed by atoms with van der Waals surface area (Å²) >= 11 is 0. The van der Waals surface area contributed by atoms with Crippen molar-refractivity contribution in [3.05, 3.63) is 29.1 Å². The lowest BCUT2D eigenvalue weighted by Gasteiger charge is -2.07. The van der Waals surface area contributed by atoms with Gasteiger partial charge in [-0.1, -0.05) is 0 Å². The molecule has 0 atom stereocenters. The van der Waals surface area contributed by atoms with E-state index in [4.69, 9.17) is 0 Å². The van der Waals surface area contributed by atoms with Crippen molar-refractivity contribution in [3.63, 3.8) is 0 Å². The average Bonchev–Trinajstić information content (AvgIpc) is 2.16. The molecule has 1 aromatic rings. The summed E-state index contributed by atoms with van der Waals surface area (Å²) in [4.78, 5) is 2.88. The highest BCUT2D eigenvalue weighted by Crippen LogP contribution is 2.28. The molecule has 0 spiro atoms. The van der Waals surface area contributed by atoms with Crippen molar-refractivity contribution in [1.29, 1.82) is 0 Å². The summed E-state index contributed by atoms with van der Waals surface area (Å²) in [5.74, 6) is 0. The molecule has 0 amide bonds. The van der Waals surface area contributed by atoms with Gasteiger partial charge in [0.25, 0.3) is 19.3 Å². The quantitative estimate of drug-likeness (QED) is 0.716. The first kappa shape index (κ1) is 11.8. The van der Waals surface area contributed by atoms with E-state index in [9.17, 15) is 26.3 Å². The van der Waals surface area contributed by atoms with E-state index in [2.05, 4.69) is 4.98 Å². The Labute approximate surface area is 80.7 Å². The second-order valence-electron chi connectivity index (χ2n) is 2.65. The van der Waals surface area contributed by atoms with E-state index < -0.39 is 36.2 Å². The Morgan fingerprint density at radius 2 is 1.13 bits per heavy atom. The minimum atomic E-state index is -3.15. The van der Waals surface area contributed by atoms with Gasteiger partial charge in [-0.3, -0.25) is 0 Å². The van der Waals surface area contributed by atoms with Crippen LogP contribution in [0.1, 0.15) is 36.2 Å². The summed E-state index contributed by atoms with van der Waals surface area (Å²) in [5, 5.41) is 0. The molecule has 1 nitrogen and oxygen atoms in total. The first-order valence-electron chi connectivity index (χ1n) is 3.78. The molecule has 0 N–H and O–H groups in total. The molecular formula is C8H5F6N. The van der Waals surface area contributed by atoms with Crippen molar-refractivity contribution in [2.24, 2.45) is 0 Å². The molecule has 15 heavy (non-hydrogen) atoms. The molecule has 0 saturated heterocycles. The number of nitrogens with zero attached hydrogens (tertiary/aromatic N) is 1. The van der Waals surface area contributed by atoms with Gasteiger partial charge in [-0.2, -0.15) is 0 Å². The number of aromatic nitrogens is 1. The van der Waals surface area contributed by atoms with Gasteiger partial charge in [0.15, 0.2) is 0 Å². The molecule has 7 heteroatoms. The molecule has 0 aliphatic carbocycles. The third kappa shape index (κ3) is 2.84. The van der Waals surface area contributed by atoms with Gasteiger partial charge in [0.1, 0.15) is 11.4 Å². The van der Waals surface area contributed by atoms with Crippen molar-refractivity contribution in [1.82, 2.24) is 4.98 Å². The predicted octanol–water partition coefficient (Wildman–Crippen LogP) is 3.89. The molecular weight excluding hydrogens is 224 g/mol. The highest BCUT2D eigenvalue weighted by Gasteiger charge is 2.19. The van der Waals surface area contributed by atoms with Crippen LogP contribution in [0, 0.1) is 0 Å². The molecule has 1 aromatic heterocycles. The zero-order chi connectivity index (χ0) is 11.6. The largest absolute Gasteiger partial charge is 0.280 e. The van der Waals surface area contributed by atoms with Crippen LogP contribution < -0.4 is 0 Å². The monoisotopic (exact) mass is 229 g/mol. The Morgan fingerprint density at radius 3 is 1.40 bits per heavy atom. The molecule has 0 aliphatic rings. The maximum Gasteiger partial charge on any atom is 0.280 e. The number of halogens is 6. The molecule has 0 aliphatic heterocycles. The third-order valence-electron chi connectivity index (χ3n) is 1.59. The maximum absolute atomic E-state index is 12.1. The molecule has 0 bridgehead atoms. The molecule has 0 unspecified atom stereocenters. The van der Waals surface area contributed by atoms with Gasteiger partial charge in [-0.05, 0) is 12.1 Å². The molecule has 0 fully saturated rings. The summed E-state index contributed by atoms with van der Waals surface area (Å²) in [6.45, 7) is 0. The van der Waals surface area contributed by atoms with Crippen molar-refractivity contribution >= 4 is 0 Å². The normalized spacial score (nSPS) is 11.8. The molecule has 1 heterocycles. The van der Waals surface area contributed by atoms with E-state index in [0.29, 0.717) is 12.1 Å². The summed E-state index contributed by atoms with van der Waals surface area (Å²) in [5.41, 5.74) is -3.01. The highest BCUT2D eigenvalue weighted by molar-refractivity contribution is 5.23. The summed E-state index contributed by atoms with van der Waals surface area (Å²) < 4.78 is 72.7. The summed E-state index contributed by atoms with van der Waals surface area (Å²) in [6, 6.07) is 0.836. The van der Waals surface area contributed by atoms with Crippen molar-refractivity contribution in [2.45, 2.75) is 19.3 Å². The van der Waals surface area contributed by atoms with Crippen LogP contribution >= 0.6 is 0 Å². The molecule has 84 valence electrons. The first-order chi connectivity index (χ1) is 6.91. The van der Waals surface area contributed by atoms with E-state index >= 15 is 0 Å². The van der Waals surface area contributed by atoms with Crippen LogP contribution in [0.4, 0.5) is 26.3 Å². The van der Waals surface area contributed by atoms with Gasteiger partial charge >= 0.3 is 0 Å². The third-order valence-corrected chi connectivity index (χ3v) is 1.59. The fourth-order valence-corrected chi connectivity index (χ4v) is 0.946. The van der Waals surface area contributed by atoms with Gasteiger partial charge in [0.05, 0.1) is 0 Å². The van der Waals surface area contributed by atoms with Crippen LogP contribution in [0.2, 0.25) is 0 Å². The molecule has 1 rings (SSSR count). The van der Waals surface area contributed by atoms with Gasteiger partial charge in [0.2, 0.25) is 0 Å². The number of hydrogen-bond acceptors (Lipinski definition) is 1. The van der Waals surface area contributed by atoms with E-state index in [0.717, 1.165) is 0 Å². The average molecular weight is 229 g/mol. The van der Waals surface area contributed by atoms with E-state index in [-0.39, 0.29) is 0 Å². The standard InChI is InChI=1S/C8H5F6N/c9-6(10)3-1-4(7(11)12)15-5(2-3)8(13)14/h1-2,6-8H. The predicted molar refractivity (Wildman–Crippen MR) is 39.1 cm³/mol. The van der Waals surface area contributed by atoms with Crippen LogP contribution in [-0.2, 0) is 0 Å². The molecule has 0 radical (unpaired) electrons. The van der Waals surface area contributed by atoms with Crippen molar-refractivity contribution in [3.8, 4) is 0 Å². The zero-order valence-corrected chi connectivity index (χ0v) is 7.10. The Bertz CT molecular complexity index is 273. The van der Waals surface area contributed by atoms with Crippen LogP contribution in [0.25, 0.3) is 0 Å². The summed E-state index contributed by atoms with van der Waals surface area (Å²) in [7, 11) is 0. The Hall–Kier alpha value is -1.27. The van der Waals surface area contributed by atoms with Gasteiger partial charge < -0.3 is 0 Å². The van der Waals surface area contributed by atoms with Crippen molar-refractivity contribution < 1.29 is 26.3 Å². The topological polar surface area (TPSA) is 12.9 Å². The van der Waals surface area contributed by atoms with Gasteiger partial charge in [-0.15, -0.1) is 0 Å². The molecule has 0 aromatic carbocycles. The zero-order valence-electron chi connectivity index (χ0n) is 7.10. The van der Waals surface area contributed by atoms with Crippen LogP contribution in [0.15, 0.2) is 12.1 Å². The SMILES string of the molecule is FC(F)c1cc(C(F)F)nc(C(F)F)c1. The molecule has 0 saturated carbocycles. The fourth-order valence-electron chi connectivity index (χ4n) is 0.946. The lowest BCUT2D eigenvalue weighted by molar-refractivity contribution is 0.128. The van der Waals surface area contributed by atoms with E-state index in [1.807, 2.05) is 0 Å². The summed E-state index contributed by atoms with van der Waals surface area (Å²) in [6.07, 6.45) is -9.38. The smallest absolute Gasteiger partial charge is 0.246 e. The van der Waals surface area contributed by atoms with Crippen LogP contribution in [0.3, 0.4) is 0 Å². The highest BCUT2D eigenvalue weighted by atomic mass is 19.3. The number of alkyl halides is 6. The van der Waals surface area contributed by atoms with Crippen molar-refractivity contribution in [2.75, 3.05) is 0 Å². The Kier molecular flexibility index (Phi) is 3.54. The number of pyridine rings is 1. The second-order valence-corrected chi connectivity index (χ2v) is 2.65. The van der Waals surface area contributed by atoms with E-state index in [1.54, 1.807) is 0 Å².